The molecule has 5 aromatic rings. The van der Waals surface area contributed by atoms with E-state index < -0.39 is 0 Å². The Hall–Kier alpha value is -3.67. The summed E-state index contributed by atoms with van der Waals surface area (Å²) in [7, 11) is 0. The molecule has 33 heavy (non-hydrogen) atoms. The number of benzene rings is 2. The third-order valence-corrected chi connectivity index (χ3v) is 6.51. The third-order valence-electron chi connectivity index (χ3n) is 6.51. The van der Waals surface area contributed by atoms with E-state index in [-0.39, 0.29) is 0 Å². The smallest absolute Gasteiger partial charge is 0.151 e. The van der Waals surface area contributed by atoms with Gasteiger partial charge >= 0.3 is 0 Å². The molecule has 0 atom stereocenters. The van der Waals surface area contributed by atoms with Crippen LogP contribution in [0.4, 0.5) is 5.82 Å². The molecule has 0 fully saturated rings. The van der Waals surface area contributed by atoms with Gasteiger partial charge in [0.2, 0.25) is 0 Å². The van der Waals surface area contributed by atoms with Gasteiger partial charge in [0.1, 0.15) is 11.6 Å². The van der Waals surface area contributed by atoms with E-state index in [9.17, 15) is 0 Å². The number of nitrogens with two attached hydrogens (primary N) is 1. The van der Waals surface area contributed by atoms with Crippen molar-refractivity contribution in [1.29, 1.82) is 0 Å². The summed E-state index contributed by atoms with van der Waals surface area (Å²) in [5.41, 5.74) is 15.9. The van der Waals surface area contributed by atoms with Gasteiger partial charge in [0.15, 0.2) is 5.65 Å². The van der Waals surface area contributed by atoms with Crippen molar-refractivity contribution >= 4 is 27.8 Å². The van der Waals surface area contributed by atoms with Gasteiger partial charge < -0.3 is 10.3 Å². The summed E-state index contributed by atoms with van der Waals surface area (Å²) >= 11 is 0. The Morgan fingerprint density at radius 2 is 1.70 bits per heavy atom. The second kappa shape index (κ2) is 8.03. The lowest BCUT2D eigenvalue weighted by molar-refractivity contribution is 0.704. The van der Waals surface area contributed by atoms with E-state index in [0.717, 1.165) is 41.3 Å². The second-order valence-corrected chi connectivity index (χ2v) is 8.92. The van der Waals surface area contributed by atoms with Crippen LogP contribution in [-0.4, -0.2) is 24.1 Å². The Morgan fingerprint density at radius 3 is 2.42 bits per heavy atom. The number of rotatable bonds is 5. The lowest BCUT2D eigenvalue weighted by atomic mass is 10.0. The number of aryl methyl sites for hydroxylation is 7. The summed E-state index contributed by atoms with van der Waals surface area (Å²) in [6.45, 7) is 11.4. The largest absolute Gasteiger partial charge is 0.383 e. The maximum atomic E-state index is 6.54. The summed E-state index contributed by atoms with van der Waals surface area (Å²) in [5, 5.41) is 2.08. The molecule has 5 rings (SSSR count). The van der Waals surface area contributed by atoms with Gasteiger partial charge in [0, 0.05) is 23.8 Å². The van der Waals surface area contributed by atoms with E-state index in [1.807, 2.05) is 19.4 Å². The van der Waals surface area contributed by atoms with Crippen LogP contribution in [0.15, 0.2) is 42.9 Å². The number of nitrogen functional groups attached to an aromatic ring is 1. The Labute approximate surface area is 194 Å². The molecule has 3 aromatic heterocycles. The number of aromatic nitrogens is 5. The average molecular weight is 439 g/mol. The van der Waals surface area contributed by atoms with Crippen LogP contribution in [-0.2, 0) is 19.4 Å². The van der Waals surface area contributed by atoms with Gasteiger partial charge in [0.25, 0.3) is 0 Å². The minimum atomic E-state index is 0.537. The number of hydrogen-bond donors (Lipinski definition) is 1. The van der Waals surface area contributed by atoms with Gasteiger partial charge in [0.05, 0.1) is 22.9 Å². The van der Waals surface area contributed by atoms with Crippen molar-refractivity contribution in [2.45, 2.75) is 54.0 Å². The van der Waals surface area contributed by atoms with Crippen LogP contribution < -0.4 is 5.73 Å². The molecule has 0 bridgehead atoms. The van der Waals surface area contributed by atoms with Crippen LogP contribution in [0.3, 0.4) is 0 Å². The molecule has 0 aliphatic carbocycles. The molecule has 168 valence electrons. The van der Waals surface area contributed by atoms with Crippen molar-refractivity contribution in [3.05, 3.63) is 76.6 Å². The van der Waals surface area contributed by atoms with Crippen molar-refractivity contribution in [2.75, 3.05) is 5.73 Å². The first-order valence-electron chi connectivity index (χ1n) is 11.5. The molecular formula is C27H30N6. The van der Waals surface area contributed by atoms with Gasteiger partial charge in [-0.1, -0.05) is 29.8 Å². The number of anilines is 1. The Balaban J connectivity index is 1.79. The predicted octanol–water partition coefficient (Wildman–Crippen LogP) is 5.39. The molecule has 0 saturated carbocycles. The fraction of sp³-hybridized carbons (Fsp3) is 0.296. The fourth-order valence-corrected chi connectivity index (χ4v) is 5.22. The van der Waals surface area contributed by atoms with Crippen molar-refractivity contribution < 1.29 is 0 Å². The summed E-state index contributed by atoms with van der Waals surface area (Å²) < 4.78 is 4.48. The standard InChI is InChI=1S/C27H30N6/c1-6-32-15-29-14-21(32)11-10-20-8-7-9-22-23(20)24-26(28)30-19(5)31-27(24)33(22)25-17(3)12-16(2)13-18(25)4/h7-9,12-15H,6,10-11H2,1-5H3,(H2,28,30,31). The van der Waals surface area contributed by atoms with E-state index in [2.05, 4.69) is 77.1 Å². The summed E-state index contributed by atoms with van der Waals surface area (Å²) in [5.74, 6) is 1.22. The van der Waals surface area contributed by atoms with E-state index in [1.165, 1.54) is 33.6 Å². The first kappa shape index (κ1) is 21.2. The SMILES string of the molecule is CCn1cncc1CCc1cccc2c1c1c(N)nc(C)nc1n2-c1c(C)cc(C)cc1C. The minimum Gasteiger partial charge on any atom is -0.383 e. The van der Waals surface area contributed by atoms with Crippen LogP contribution >= 0.6 is 0 Å². The minimum absolute atomic E-state index is 0.537. The van der Waals surface area contributed by atoms with Crippen molar-refractivity contribution in [3.63, 3.8) is 0 Å². The van der Waals surface area contributed by atoms with E-state index in [4.69, 9.17) is 10.7 Å². The monoisotopic (exact) mass is 438 g/mol. The number of fused-ring (bicyclic) bond motifs is 3. The Bertz CT molecular complexity index is 1480. The average Bonchev–Trinajstić information content (AvgIpc) is 3.34. The molecular weight excluding hydrogens is 408 g/mol. The highest BCUT2D eigenvalue weighted by Crippen LogP contribution is 2.38. The van der Waals surface area contributed by atoms with E-state index in [0.29, 0.717) is 11.6 Å². The molecule has 3 heterocycles. The second-order valence-electron chi connectivity index (χ2n) is 8.92. The van der Waals surface area contributed by atoms with Crippen LogP contribution in [0.1, 0.15) is 40.7 Å². The van der Waals surface area contributed by atoms with Gasteiger partial charge in [-0.05, 0) is 70.2 Å². The Kier molecular flexibility index (Phi) is 5.16. The first-order chi connectivity index (χ1) is 15.9. The molecule has 0 radical (unpaired) electrons. The molecule has 6 nitrogen and oxygen atoms in total. The van der Waals surface area contributed by atoms with Crippen LogP contribution in [0, 0.1) is 27.7 Å². The van der Waals surface area contributed by atoms with E-state index in [1.54, 1.807) is 0 Å². The molecule has 2 aromatic carbocycles. The maximum Gasteiger partial charge on any atom is 0.151 e. The third kappa shape index (κ3) is 3.46. The van der Waals surface area contributed by atoms with E-state index >= 15 is 0 Å². The van der Waals surface area contributed by atoms with Gasteiger partial charge in [-0.3, -0.25) is 4.57 Å². The van der Waals surface area contributed by atoms with Crippen LogP contribution in [0.25, 0.3) is 27.6 Å². The predicted molar refractivity (Wildman–Crippen MR) is 135 cm³/mol. The topological polar surface area (TPSA) is 74.6 Å². The highest BCUT2D eigenvalue weighted by Gasteiger charge is 2.21. The lowest BCUT2D eigenvalue weighted by Gasteiger charge is -2.15. The van der Waals surface area contributed by atoms with Crippen LogP contribution in [0.5, 0.6) is 0 Å². The maximum absolute atomic E-state index is 6.54. The number of imidazole rings is 1. The molecule has 6 heteroatoms. The van der Waals surface area contributed by atoms with Crippen molar-refractivity contribution in [2.24, 2.45) is 0 Å². The summed E-state index contributed by atoms with van der Waals surface area (Å²) in [6.07, 6.45) is 5.67. The van der Waals surface area contributed by atoms with Gasteiger partial charge in [-0.2, -0.15) is 0 Å². The quantitative estimate of drug-likeness (QED) is 0.399. The molecule has 0 aliphatic heterocycles. The van der Waals surface area contributed by atoms with Crippen LogP contribution in [0.2, 0.25) is 0 Å². The first-order valence-corrected chi connectivity index (χ1v) is 11.5. The molecule has 2 N–H and O–H groups in total. The number of hydrogen-bond acceptors (Lipinski definition) is 4. The molecule has 0 saturated heterocycles. The zero-order valence-electron chi connectivity index (χ0n) is 20.0. The van der Waals surface area contributed by atoms with Gasteiger partial charge in [-0.15, -0.1) is 0 Å². The zero-order valence-corrected chi connectivity index (χ0v) is 20.0. The molecule has 0 unspecified atom stereocenters. The summed E-state index contributed by atoms with van der Waals surface area (Å²) in [6, 6.07) is 11.0. The fourth-order valence-electron chi connectivity index (χ4n) is 5.22. The Morgan fingerprint density at radius 1 is 0.939 bits per heavy atom. The highest BCUT2D eigenvalue weighted by molar-refractivity contribution is 6.14. The molecule has 0 amide bonds. The molecule has 0 spiro atoms. The summed E-state index contributed by atoms with van der Waals surface area (Å²) in [4.78, 5) is 13.8. The van der Waals surface area contributed by atoms with Gasteiger partial charge in [-0.25, -0.2) is 15.0 Å². The zero-order chi connectivity index (χ0) is 23.3. The molecule has 0 aliphatic rings. The lowest BCUT2D eigenvalue weighted by Crippen LogP contribution is -2.04. The van der Waals surface area contributed by atoms with Crippen molar-refractivity contribution in [1.82, 2.24) is 24.1 Å². The normalized spacial score (nSPS) is 11.7. The van der Waals surface area contributed by atoms with Crippen molar-refractivity contribution in [3.8, 4) is 5.69 Å². The highest BCUT2D eigenvalue weighted by atomic mass is 15.1. The number of nitrogens with zero attached hydrogens (tertiary/aromatic N) is 5.